The maximum atomic E-state index is 13.1. The fraction of sp³-hybridized carbons (Fsp3) is 0.267. The number of aryl methyl sites for hydroxylation is 1. The Morgan fingerprint density at radius 1 is 0.732 bits per heavy atom. The molecule has 10 nitrogen and oxygen atoms in total. The highest BCUT2D eigenvalue weighted by Crippen LogP contribution is 2.13. The van der Waals surface area contributed by atoms with Gasteiger partial charge in [-0.1, -0.05) is 36.4 Å². The maximum absolute atomic E-state index is 13.1. The van der Waals surface area contributed by atoms with E-state index in [4.69, 9.17) is 4.74 Å². The zero-order valence-electron chi connectivity index (χ0n) is 22.4. The number of hydrogen-bond donors (Lipinski definition) is 5. The number of hydrogen-bond acceptors (Lipinski definition) is 7. The van der Waals surface area contributed by atoms with Gasteiger partial charge in [-0.2, -0.15) is 0 Å². The van der Waals surface area contributed by atoms with Gasteiger partial charge in [0.2, 0.25) is 17.7 Å². The summed E-state index contributed by atoms with van der Waals surface area (Å²) in [6, 6.07) is 15.9. The number of rotatable bonds is 13. The number of ether oxygens (including phenoxy) is 1. The van der Waals surface area contributed by atoms with E-state index < -0.39 is 42.3 Å². The van der Waals surface area contributed by atoms with E-state index in [1.807, 2.05) is 0 Å². The summed E-state index contributed by atoms with van der Waals surface area (Å²) in [5.74, 6) is -2.67. The van der Waals surface area contributed by atoms with Crippen LogP contribution < -0.4 is 16.0 Å². The average Bonchev–Trinajstić information content (AvgIpc) is 2.96. The predicted octanol–water partition coefficient (Wildman–Crippen LogP) is 1.91. The highest BCUT2D eigenvalue weighted by molar-refractivity contribution is 5.92. The molecule has 3 aromatic carbocycles. The minimum atomic E-state index is -1.04. The number of carbonyl (C=O) groups excluding carboxylic acids is 4. The summed E-state index contributed by atoms with van der Waals surface area (Å²) in [5, 5.41) is 26.7. The largest absolute Gasteiger partial charge is 0.508 e. The molecule has 216 valence electrons. The van der Waals surface area contributed by atoms with Crippen LogP contribution in [0.2, 0.25) is 0 Å². The van der Waals surface area contributed by atoms with Crippen molar-refractivity contribution in [3.05, 3.63) is 95.3 Å². The maximum Gasteiger partial charge on any atom is 0.328 e. The molecule has 0 heterocycles. The smallest absolute Gasteiger partial charge is 0.328 e. The molecule has 0 aromatic heterocycles. The Hall–Kier alpha value is -4.93. The highest BCUT2D eigenvalue weighted by Gasteiger charge is 2.25. The van der Waals surface area contributed by atoms with Gasteiger partial charge in [-0.25, -0.2) is 9.18 Å². The lowest BCUT2D eigenvalue weighted by atomic mass is 10.0. The summed E-state index contributed by atoms with van der Waals surface area (Å²) < 4.78 is 17.9. The van der Waals surface area contributed by atoms with Crippen LogP contribution in [-0.4, -0.2) is 59.6 Å². The Bertz CT molecular complexity index is 1330. The van der Waals surface area contributed by atoms with E-state index in [0.29, 0.717) is 17.5 Å². The summed E-state index contributed by atoms with van der Waals surface area (Å²) >= 11 is 0. The van der Waals surface area contributed by atoms with Gasteiger partial charge < -0.3 is 30.9 Å². The lowest BCUT2D eigenvalue weighted by Gasteiger charge is -2.20. The number of aromatic hydroxyl groups is 2. The molecule has 0 saturated carbocycles. The Kier molecular flexibility index (Phi) is 11.2. The van der Waals surface area contributed by atoms with Crippen molar-refractivity contribution in [1.29, 1.82) is 0 Å². The van der Waals surface area contributed by atoms with Crippen molar-refractivity contribution >= 4 is 23.7 Å². The quantitative estimate of drug-likeness (QED) is 0.198. The van der Waals surface area contributed by atoms with E-state index in [-0.39, 0.29) is 36.6 Å². The van der Waals surface area contributed by atoms with E-state index in [1.54, 1.807) is 36.4 Å². The van der Waals surface area contributed by atoms with Crippen LogP contribution in [0.15, 0.2) is 72.8 Å². The van der Waals surface area contributed by atoms with Crippen molar-refractivity contribution in [3.63, 3.8) is 0 Å². The van der Waals surface area contributed by atoms with Crippen LogP contribution in [-0.2, 0) is 43.2 Å². The SMILES string of the molecule is COC(=O)[C@H](Cc1ccc(O)cc1)NC(=O)CNC(=O)[C@H](Cc1ccc(O)cc1)NC(=O)CCc1ccc(F)cc1. The first-order valence-corrected chi connectivity index (χ1v) is 12.9. The molecule has 0 bridgehead atoms. The number of benzene rings is 3. The zero-order chi connectivity index (χ0) is 29.8. The molecule has 0 aliphatic rings. The molecule has 0 saturated heterocycles. The highest BCUT2D eigenvalue weighted by atomic mass is 19.1. The van der Waals surface area contributed by atoms with Gasteiger partial charge in [0.05, 0.1) is 13.7 Å². The number of phenols is 2. The molecule has 0 unspecified atom stereocenters. The third kappa shape index (κ3) is 10.3. The molecular weight excluding hydrogens is 533 g/mol. The number of amides is 3. The van der Waals surface area contributed by atoms with Crippen LogP contribution in [0.4, 0.5) is 4.39 Å². The summed E-state index contributed by atoms with van der Waals surface area (Å²) in [5.41, 5.74) is 2.08. The van der Waals surface area contributed by atoms with E-state index in [1.165, 1.54) is 43.5 Å². The van der Waals surface area contributed by atoms with E-state index in [2.05, 4.69) is 16.0 Å². The fourth-order valence-corrected chi connectivity index (χ4v) is 3.99. The lowest BCUT2D eigenvalue weighted by molar-refractivity contribution is -0.145. The number of nitrogens with one attached hydrogen (secondary N) is 3. The third-order valence-electron chi connectivity index (χ3n) is 6.20. The monoisotopic (exact) mass is 565 g/mol. The number of esters is 1. The third-order valence-corrected chi connectivity index (χ3v) is 6.20. The zero-order valence-corrected chi connectivity index (χ0v) is 22.4. The molecule has 0 radical (unpaired) electrons. The number of methoxy groups -OCH3 is 1. The molecule has 3 aromatic rings. The number of carbonyl (C=O) groups is 4. The van der Waals surface area contributed by atoms with Crippen LogP contribution in [0, 0.1) is 5.82 Å². The molecule has 0 aliphatic heterocycles. The second-order valence-corrected chi connectivity index (χ2v) is 9.35. The minimum absolute atomic E-state index is 0.0437. The summed E-state index contributed by atoms with van der Waals surface area (Å²) in [7, 11) is 1.19. The van der Waals surface area contributed by atoms with Gasteiger partial charge in [-0.15, -0.1) is 0 Å². The number of halogens is 1. The van der Waals surface area contributed by atoms with Gasteiger partial charge in [-0.05, 0) is 59.5 Å². The van der Waals surface area contributed by atoms with Crippen molar-refractivity contribution in [2.75, 3.05) is 13.7 Å². The fourth-order valence-electron chi connectivity index (χ4n) is 3.99. The van der Waals surface area contributed by atoms with Crippen molar-refractivity contribution in [2.45, 2.75) is 37.8 Å². The molecular formula is C30H32FN3O7. The second kappa shape index (κ2) is 15.0. The molecule has 3 amide bonds. The minimum Gasteiger partial charge on any atom is -0.508 e. The Morgan fingerprint density at radius 3 is 1.76 bits per heavy atom. The van der Waals surface area contributed by atoms with Gasteiger partial charge in [0, 0.05) is 19.3 Å². The van der Waals surface area contributed by atoms with Crippen LogP contribution >= 0.6 is 0 Å². The Morgan fingerprint density at radius 2 is 1.22 bits per heavy atom. The topological polar surface area (TPSA) is 154 Å². The first-order valence-electron chi connectivity index (χ1n) is 12.9. The average molecular weight is 566 g/mol. The van der Waals surface area contributed by atoms with Crippen LogP contribution in [0.5, 0.6) is 11.5 Å². The van der Waals surface area contributed by atoms with Gasteiger partial charge in [-0.3, -0.25) is 14.4 Å². The normalized spacial score (nSPS) is 12.0. The molecule has 41 heavy (non-hydrogen) atoms. The van der Waals surface area contributed by atoms with Gasteiger partial charge in [0.1, 0.15) is 29.4 Å². The summed E-state index contributed by atoms with van der Waals surface area (Å²) in [6.07, 6.45) is 0.559. The molecule has 3 rings (SSSR count). The Labute approximate surface area is 236 Å². The molecule has 0 fully saturated rings. The Balaban J connectivity index is 1.61. The van der Waals surface area contributed by atoms with E-state index in [0.717, 1.165) is 5.56 Å². The molecule has 0 aliphatic carbocycles. The standard InChI is InChI=1S/C30H32FN3O7/c1-41-30(40)26(17-21-6-13-24(36)14-7-21)34-28(38)18-32-29(39)25(16-20-4-11-23(35)12-5-20)33-27(37)15-8-19-2-9-22(31)10-3-19/h2-7,9-14,25-26,35-36H,8,15-18H2,1H3,(H,32,39)(H,33,37)(H,34,38)/t25-,26-/m0/s1. The van der Waals surface area contributed by atoms with Crippen molar-refractivity contribution < 1.29 is 38.5 Å². The van der Waals surface area contributed by atoms with Crippen LogP contribution in [0.25, 0.3) is 0 Å². The van der Waals surface area contributed by atoms with Crippen molar-refractivity contribution in [2.24, 2.45) is 0 Å². The first-order chi connectivity index (χ1) is 19.6. The van der Waals surface area contributed by atoms with Crippen molar-refractivity contribution in [3.8, 4) is 11.5 Å². The summed E-state index contributed by atoms with van der Waals surface area (Å²) in [4.78, 5) is 50.6. The number of phenolic OH excluding ortho intramolecular Hbond substituents is 2. The molecule has 11 heteroatoms. The molecule has 5 N–H and O–H groups in total. The first kappa shape index (κ1) is 30.6. The van der Waals surface area contributed by atoms with E-state index >= 15 is 0 Å². The molecule has 0 spiro atoms. The predicted molar refractivity (Wildman–Crippen MR) is 147 cm³/mol. The van der Waals surface area contributed by atoms with Crippen LogP contribution in [0.1, 0.15) is 23.1 Å². The lowest BCUT2D eigenvalue weighted by Crippen LogP contribution is -2.52. The van der Waals surface area contributed by atoms with Gasteiger partial charge in [0.15, 0.2) is 0 Å². The van der Waals surface area contributed by atoms with E-state index in [9.17, 15) is 33.8 Å². The van der Waals surface area contributed by atoms with Crippen LogP contribution in [0.3, 0.4) is 0 Å². The molecule has 2 atom stereocenters. The van der Waals surface area contributed by atoms with Crippen molar-refractivity contribution in [1.82, 2.24) is 16.0 Å². The second-order valence-electron chi connectivity index (χ2n) is 9.35. The van der Waals surface area contributed by atoms with Gasteiger partial charge >= 0.3 is 5.97 Å². The summed E-state index contributed by atoms with van der Waals surface area (Å²) in [6.45, 7) is -0.473. The van der Waals surface area contributed by atoms with Gasteiger partial charge in [0.25, 0.3) is 0 Å².